The minimum atomic E-state index is -0.554. The maximum Gasteiger partial charge on any atom is 0.410 e. The van der Waals surface area contributed by atoms with Crippen LogP contribution in [0.2, 0.25) is 0 Å². The van der Waals surface area contributed by atoms with Crippen LogP contribution in [0, 0.1) is 12.8 Å². The molecule has 0 aromatic heterocycles. The highest BCUT2D eigenvalue weighted by atomic mass is 16.6. The third-order valence-electron chi connectivity index (χ3n) is 4.91. The van der Waals surface area contributed by atoms with Gasteiger partial charge in [-0.2, -0.15) is 0 Å². The summed E-state index contributed by atoms with van der Waals surface area (Å²) < 4.78 is 11.5. The number of ether oxygens (including phenoxy) is 2. The largest absolute Gasteiger partial charge is 0.456 e. The Bertz CT molecular complexity index is 885. The van der Waals surface area contributed by atoms with Gasteiger partial charge >= 0.3 is 6.09 Å². The number of piperidine rings is 1. The molecule has 0 N–H and O–H groups in total. The Hall–Kier alpha value is -2.82. The molecule has 5 heteroatoms. The van der Waals surface area contributed by atoms with Gasteiger partial charge in [-0.05, 0) is 64.3 Å². The zero-order valence-corrected chi connectivity index (χ0v) is 19.6. The fourth-order valence-corrected chi connectivity index (χ4v) is 3.45. The van der Waals surface area contributed by atoms with Crippen LogP contribution in [0.1, 0.15) is 63.4 Å². The van der Waals surface area contributed by atoms with Gasteiger partial charge in [0.25, 0.3) is 0 Å². The number of likely N-dealkylation sites (tertiary alicyclic amines) is 1. The van der Waals surface area contributed by atoms with Crippen LogP contribution < -0.4 is 4.74 Å². The lowest BCUT2D eigenvalue weighted by Crippen LogP contribution is -2.44. The standard InChI is InChI=1S/C24H29NO4.C2H6/c1-17-10-5-7-13-20(17)28-21-14-8-6-12-19(21)22(26)18-11-9-15-25(16-18)23(27)29-24(2,3)4;1-2/h5-8,10,12-14,18H,9,11,15-16H2,1-4H3;1-2H3/t18-;/m1./s1. The summed E-state index contributed by atoms with van der Waals surface area (Å²) in [5.41, 5.74) is 0.998. The number of hydrogen-bond acceptors (Lipinski definition) is 4. The van der Waals surface area contributed by atoms with Crippen molar-refractivity contribution in [2.24, 2.45) is 5.92 Å². The summed E-state index contributed by atoms with van der Waals surface area (Å²) in [6.07, 6.45) is 1.16. The summed E-state index contributed by atoms with van der Waals surface area (Å²) in [6.45, 7) is 12.5. The van der Waals surface area contributed by atoms with Gasteiger partial charge in [0.15, 0.2) is 5.78 Å². The SMILES string of the molecule is CC.Cc1ccccc1Oc1ccccc1C(=O)[C@@H]1CCCN(C(=O)OC(C)(C)C)C1. The van der Waals surface area contributed by atoms with Gasteiger partial charge in [0.2, 0.25) is 0 Å². The van der Waals surface area contributed by atoms with Gasteiger partial charge in [0.05, 0.1) is 5.56 Å². The van der Waals surface area contributed by atoms with E-state index in [-0.39, 0.29) is 17.8 Å². The number of amides is 1. The van der Waals surface area contributed by atoms with E-state index in [1.165, 1.54) is 0 Å². The monoisotopic (exact) mass is 425 g/mol. The van der Waals surface area contributed by atoms with Crippen molar-refractivity contribution in [2.45, 2.75) is 60.0 Å². The lowest BCUT2D eigenvalue weighted by atomic mass is 9.89. The second-order valence-electron chi connectivity index (χ2n) is 8.49. The van der Waals surface area contributed by atoms with E-state index in [1.54, 1.807) is 11.0 Å². The van der Waals surface area contributed by atoms with E-state index in [9.17, 15) is 9.59 Å². The van der Waals surface area contributed by atoms with Gasteiger partial charge in [0, 0.05) is 19.0 Å². The quantitative estimate of drug-likeness (QED) is 0.515. The van der Waals surface area contributed by atoms with E-state index in [0.717, 1.165) is 24.2 Å². The Morgan fingerprint density at radius 2 is 1.58 bits per heavy atom. The topological polar surface area (TPSA) is 55.8 Å². The zero-order chi connectivity index (χ0) is 23.0. The summed E-state index contributed by atoms with van der Waals surface area (Å²) in [4.78, 5) is 27.4. The molecule has 168 valence electrons. The number of hydrogen-bond donors (Lipinski definition) is 0. The number of rotatable bonds is 4. The number of ketones is 1. The van der Waals surface area contributed by atoms with E-state index in [0.29, 0.717) is 24.4 Å². The minimum Gasteiger partial charge on any atom is -0.456 e. The molecule has 31 heavy (non-hydrogen) atoms. The normalized spacial score (nSPS) is 16.1. The molecule has 0 saturated carbocycles. The molecule has 0 aliphatic carbocycles. The molecule has 3 rings (SSSR count). The number of para-hydroxylation sites is 2. The van der Waals surface area contributed by atoms with Crippen LogP contribution in [-0.4, -0.2) is 35.5 Å². The molecule has 0 radical (unpaired) electrons. The predicted molar refractivity (Wildman–Crippen MR) is 124 cm³/mol. The zero-order valence-electron chi connectivity index (χ0n) is 19.6. The first kappa shape index (κ1) is 24.4. The smallest absolute Gasteiger partial charge is 0.410 e. The van der Waals surface area contributed by atoms with Crippen LogP contribution in [0.5, 0.6) is 11.5 Å². The van der Waals surface area contributed by atoms with E-state index < -0.39 is 5.60 Å². The van der Waals surface area contributed by atoms with Gasteiger partial charge in [-0.15, -0.1) is 0 Å². The van der Waals surface area contributed by atoms with E-state index in [4.69, 9.17) is 9.47 Å². The average molecular weight is 426 g/mol. The molecule has 2 aromatic rings. The van der Waals surface area contributed by atoms with Crippen LogP contribution in [-0.2, 0) is 4.74 Å². The van der Waals surface area contributed by atoms with Crippen molar-refractivity contribution < 1.29 is 19.1 Å². The molecule has 0 unspecified atom stereocenters. The molecule has 1 aliphatic heterocycles. The average Bonchev–Trinajstić information content (AvgIpc) is 2.75. The summed E-state index contributed by atoms with van der Waals surface area (Å²) in [6, 6.07) is 15.0. The number of nitrogens with zero attached hydrogens (tertiary/aromatic N) is 1. The van der Waals surface area contributed by atoms with Gasteiger partial charge in [-0.25, -0.2) is 4.79 Å². The number of carbonyl (C=O) groups excluding carboxylic acids is 2. The Balaban J connectivity index is 0.00000166. The van der Waals surface area contributed by atoms with Crippen molar-refractivity contribution in [1.82, 2.24) is 4.90 Å². The maximum atomic E-state index is 13.3. The Morgan fingerprint density at radius 3 is 2.23 bits per heavy atom. The predicted octanol–water partition coefficient (Wildman–Crippen LogP) is 6.64. The molecule has 5 nitrogen and oxygen atoms in total. The molecular weight excluding hydrogens is 390 g/mol. The minimum absolute atomic E-state index is 0.00226. The third-order valence-corrected chi connectivity index (χ3v) is 4.91. The second kappa shape index (κ2) is 11.0. The fraction of sp³-hybridized carbons (Fsp3) is 0.462. The van der Waals surface area contributed by atoms with Gasteiger partial charge in [-0.1, -0.05) is 44.2 Å². The lowest BCUT2D eigenvalue weighted by Gasteiger charge is -2.33. The van der Waals surface area contributed by atoms with E-state index in [2.05, 4.69) is 0 Å². The van der Waals surface area contributed by atoms with Crippen LogP contribution in [0.4, 0.5) is 4.79 Å². The molecule has 1 heterocycles. The van der Waals surface area contributed by atoms with Crippen LogP contribution in [0.15, 0.2) is 48.5 Å². The van der Waals surface area contributed by atoms with Crippen LogP contribution >= 0.6 is 0 Å². The summed E-state index contributed by atoms with van der Waals surface area (Å²) in [5, 5.41) is 0. The second-order valence-corrected chi connectivity index (χ2v) is 8.49. The highest BCUT2D eigenvalue weighted by Crippen LogP contribution is 2.31. The third kappa shape index (κ3) is 6.84. The van der Waals surface area contributed by atoms with Gasteiger partial charge in [0.1, 0.15) is 17.1 Å². The van der Waals surface area contributed by atoms with Crippen molar-refractivity contribution in [2.75, 3.05) is 13.1 Å². The first-order chi connectivity index (χ1) is 14.7. The van der Waals surface area contributed by atoms with Crippen molar-refractivity contribution in [3.63, 3.8) is 0 Å². The number of benzene rings is 2. The number of Topliss-reactive ketones (excluding diaryl/α,β-unsaturated/α-hetero) is 1. The molecule has 1 saturated heterocycles. The molecule has 1 atom stereocenters. The molecule has 1 amide bonds. The summed E-state index contributed by atoms with van der Waals surface area (Å²) in [7, 11) is 0. The first-order valence-electron chi connectivity index (χ1n) is 11.1. The molecule has 2 aromatic carbocycles. The number of aryl methyl sites for hydroxylation is 1. The summed E-state index contributed by atoms with van der Waals surface area (Å²) in [5.74, 6) is 1.01. The fourth-order valence-electron chi connectivity index (χ4n) is 3.45. The number of carbonyl (C=O) groups is 2. The maximum absolute atomic E-state index is 13.3. The molecule has 1 aliphatic rings. The molecule has 1 fully saturated rings. The van der Waals surface area contributed by atoms with Crippen molar-refractivity contribution in [1.29, 1.82) is 0 Å². The van der Waals surface area contributed by atoms with Crippen molar-refractivity contribution in [3.8, 4) is 11.5 Å². The molecule has 0 bridgehead atoms. The van der Waals surface area contributed by atoms with E-state index in [1.807, 2.05) is 84.0 Å². The van der Waals surface area contributed by atoms with Crippen LogP contribution in [0.25, 0.3) is 0 Å². The Morgan fingerprint density at radius 1 is 0.968 bits per heavy atom. The van der Waals surface area contributed by atoms with Gasteiger partial charge in [-0.3, -0.25) is 4.79 Å². The molecule has 0 spiro atoms. The van der Waals surface area contributed by atoms with E-state index >= 15 is 0 Å². The first-order valence-corrected chi connectivity index (χ1v) is 11.1. The summed E-state index contributed by atoms with van der Waals surface area (Å²) >= 11 is 0. The Kier molecular flexibility index (Phi) is 8.66. The molecular formula is C26H35NO4. The van der Waals surface area contributed by atoms with Crippen LogP contribution in [0.3, 0.4) is 0 Å². The Labute approximate surface area is 186 Å². The van der Waals surface area contributed by atoms with Crippen molar-refractivity contribution in [3.05, 3.63) is 59.7 Å². The highest BCUT2D eigenvalue weighted by Gasteiger charge is 2.32. The van der Waals surface area contributed by atoms with Gasteiger partial charge < -0.3 is 14.4 Å². The highest BCUT2D eigenvalue weighted by molar-refractivity contribution is 6.00. The van der Waals surface area contributed by atoms with Crippen molar-refractivity contribution >= 4 is 11.9 Å². The lowest BCUT2D eigenvalue weighted by molar-refractivity contribution is 0.0172.